The summed E-state index contributed by atoms with van der Waals surface area (Å²) in [6.07, 6.45) is 2.54. The van der Waals surface area contributed by atoms with Gasteiger partial charge in [-0.2, -0.15) is 0 Å². The monoisotopic (exact) mass is 271 g/mol. The smallest absolute Gasteiger partial charge is 0.182 e. The minimum atomic E-state index is 0.381. The predicted molar refractivity (Wildman–Crippen MR) is 78.9 cm³/mol. The van der Waals surface area contributed by atoms with Crippen molar-refractivity contribution in [3.8, 4) is 11.4 Å². The molecule has 2 N–H and O–H groups in total. The topological polar surface area (TPSA) is 69.6 Å². The second kappa shape index (κ2) is 4.58. The Bertz CT molecular complexity index is 625. The highest BCUT2D eigenvalue weighted by atomic mass is 15.5. The fraction of sp³-hybridized carbons (Fsp3) is 0.533. The predicted octanol–water partition coefficient (Wildman–Crippen LogP) is 2.67. The van der Waals surface area contributed by atoms with Crippen LogP contribution in [0, 0.1) is 18.3 Å². The van der Waals surface area contributed by atoms with Gasteiger partial charge >= 0.3 is 0 Å². The number of nitrogens with two attached hydrogens (primary N) is 1. The van der Waals surface area contributed by atoms with Crippen LogP contribution in [0.15, 0.2) is 18.2 Å². The molecule has 0 radical (unpaired) electrons. The van der Waals surface area contributed by atoms with E-state index in [2.05, 4.69) is 29.4 Å². The summed E-state index contributed by atoms with van der Waals surface area (Å²) in [5, 5.41) is 12.3. The normalized spacial score (nSPS) is 16.6. The molecule has 1 aliphatic rings. The van der Waals surface area contributed by atoms with Gasteiger partial charge < -0.3 is 5.73 Å². The molecule has 1 heterocycles. The van der Waals surface area contributed by atoms with Crippen molar-refractivity contribution < 1.29 is 0 Å². The molecule has 0 unspecified atom stereocenters. The lowest BCUT2D eigenvalue weighted by molar-refractivity contribution is 0.294. The summed E-state index contributed by atoms with van der Waals surface area (Å²) in [5.74, 6) is 1.50. The Hall–Kier alpha value is -1.91. The molecule has 1 aliphatic carbocycles. The summed E-state index contributed by atoms with van der Waals surface area (Å²) in [7, 11) is 0. The number of hydrogen-bond donors (Lipinski definition) is 1. The number of aromatic nitrogens is 4. The van der Waals surface area contributed by atoms with Crippen LogP contribution in [0.3, 0.4) is 0 Å². The molecule has 1 aromatic carbocycles. The summed E-state index contributed by atoms with van der Waals surface area (Å²) in [5.41, 5.74) is 9.13. The molecule has 0 bridgehead atoms. The number of anilines is 1. The van der Waals surface area contributed by atoms with Crippen molar-refractivity contribution >= 4 is 5.69 Å². The number of tetrazole rings is 1. The van der Waals surface area contributed by atoms with Crippen LogP contribution in [-0.2, 0) is 6.54 Å². The maximum absolute atomic E-state index is 5.81. The molecular weight excluding hydrogens is 250 g/mol. The van der Waals surface area contributed by atoms with Crippen LogP contribution in [0.4, 0.5) is 5.69 Å². The first-order valence-corrected chi connectivity index (χ1v) is 7.14. The lowest BCUT2D eigenvalue weighted by Gasteiger charge is -2.20. The molecule has 0 spiro atoms. The van der Waals surface area contributed by atoms with E-state index in [1.54, 1.807) is 0 Å². The van der Waals surface area contributed by atoms with Crippen LogP contribution in [0.5, 0.6) is 0 Å². The SMILES string of the molecule is Cc1cc(N)ccc1-c1nnnn1CC1(C(C)C)CC1. The highest BCUT2D eigenvalue weighted by Gasteiger charge is 2.46. The molecule has 20 heavy (non-hydrogen) atoms. The zero-order valence-electron chi connectivity index (χ0n) is 12.3. The number of rotatable bonds is 4. The van der Waals surface area contributed by atoms with Crippen LogP contribution in [0.25, 0.3) is 11.4 Å². The molecule has 1 saturated carbocycles. The maximum Gasteiger partial charge on any atom is 0.182 e. The van der Waals surface area contributed by atoms with Crippen LogP contribution in [0.2, 0.25) is 0 Å². The van der Waals surface area contributed by atoms with E-state index in [1.807, 2.05) is 29.8 Å². The Balaban J connectivity index is 1.94. The minimum Gasteiger partial charge on any atom is -0.399 e. The van der Waals surface area contributed by atoms with E-state index >= 15 is 0 Å². The largest absolute Gasteiger partial charge is 0.399 e. The summed E-state index contributed by atoms with van der Waals surface area (Å²) in [6.45, 7) is 7.51. The van der Waals surface area contributed by atoms with E-state index in [0.29, 0.717) is 11.3 Å². The van der Waals surface area contributed by atoms with Crippen molar-refractivity contribution in [1.82, 2.24) is 20.2 Å². The second-order valence-electron chi connectivity index (χ2n) is 6.25. The first kappa shape index (κ1) is 13.1. The van der Waals surface area contributed by atoms with Gasteiger partial charge in [0, 0.05) is 11.3 Å². The summed E-state index contributed by atoms with van der Waals surface area (Å²) < 4.78 is 1.95. The third-order valence-corrected chi connectivity index (χ3v) is 4.60. The fourth-order valence-electron chi connectivity index (χ4n) is 2.82. The van der Waals surface area contributed by atoms with E-state index in [-0.39, 0.29) is 0 Å². The van der Waals surface area contributed by atoms with E-state index in [4.69, 9.17) is 5.73 Å². The van der Waals surface area contributed by atoms with Gasteiger partial charge in [0.1, 0.15) is 0 Å². The zero-order valence-corrected chi connectivity index (χ0v) is 12.3. The van der Waals surface area contributed by atoms with Crippen molar-refractivity contribution in [3.05, 3.63) is 23.8 Å². The lowest BCUT2D eigenvalue weighted by atomic mass is 9.92. The zero-order chi connectivity index (χ0) is 14.3. The standard InChI is InChI=1S/C15H21N5/c1-10(2)15(6-7-15)9-20-14(17-18-19-20)13-5-4-12(16)8-11(13)3/h4-5,8,10H,6-7,9,16H2,1-3H3. The Morgan fingerprint density at radius 1 is 1.35 bits per heavy atom. The van der Waals surface area contributed by atoms with Gasteiger partial charge in [-0.15, -0.1) is 5.10 Å². The van der Waals surface area contributed by atoms with Crippen molar-refractivity contribution in [2.75, 3.05) is 5.73 Å². The quantitative estimate of drug-likeness (QED) is 0.868. The maximum atomic E-state index is 5.81. The Labute approximate surface area is 119 Å². The molecule has 0 atom stereocenters. The van der Waals surface area contributed by atoms with Gasteiger partial charge in [-0.25, -0.2) is 4.68 Å². The third-order valence-electron chi connectivity index (χ3n) is 4.60. The average Bonchev–Trinajstić information content (AvgIpc) is 3.03. The minimum absolute atomic E-state index is 0.381. The highest BCUT2D eigenvalue weighted by molar-refractivity contribution is 5.63. The fourth-order valence-corrected chi connectivity index (χ4v) is 2.82. The molecule has 2 aromatic rings. The van der Waals surface area contributed by atoms with Crippen LogP contribution >= 0.6 is 0 Å². The number of benzene rings is 1. The van der Waals surface area contributed by atoms with Crippen LogP contribution in [-0.4, -0.2) is 20.2 Å². The van der Waals surface area contributed by atoms with Crippen molar-refractivity contribution in [1.29, 1.82) is 0 Å². The van der Waals surface area contributed by atoms with Gasteiger partial charge in [-0.05, 0) is 65.3 Å². The van der Waals surface area contributed by atoms with Crippen LogP contribution < -0.4 is 5.73 Å². The number of aryl methyl sites for hydroxylation is 1. The van der Waals surface area contributed by atoms with Gasteiger partial charge in [0.15, 0.2) is 5.82 Å². The summed E-state index contributed by atoms with van der Waals surface area (Å²) in [6, 6.07) is 5.86. The van der Waals surface area contributed by atoms with Gasteiger partial charge in [0.2, 0.25) is 0 Å². The number of nitrogens with zero attached hydrogens (tertiary/aromatic N) is 4. The summed E-state index contributed by atoms with van der Waals surface area (Å²) in [4.78, 5) is 0. The number of hydrogen-bond acceptors (Lipinski definition) is 4. The second-order valence-corrected chi connectivity index (χ2v) is 6.25. The van der Waals surface area contributed by atoms with Crippen molar-refractivity contribution in [2.45, 2.75) is 40.2 Å². The van der Waals surface area contributed by atoms with E-state index in [1.165, 1.54) is 12.8 Å². The molecule has 1 aromatic heterocycles. The average molecular weight is 271 g/mol. The first-order valence-electron chi connectivity index (χ1n) is 7.14. The van der Waals surface area contributed by atoms with E-state index in [9.17, 15) is 0 Å². The third kappa shape index (κ3) is 2.17. The Morgan fingerprint density at radius 2 is 2.10 bits per heavy atom. The molecule has 1 fully saturated rings. The summed E-state index contributed by atoms with van der Waals surface area (Å²) >= 11 is 0. The molecule has 0 amide bonds. The molecule has 5 nitrogen and oxygen atoms in total. The van der Waals surface area contributed by atoms with Gasteiger partial charge in [0.25, 0.3) is 0 Å². The molecular formula is C15H21N5. The highest BCUT2D eigenvalue weighted by Crippen LogP contribution is 2.53. The molecule has 3 rings (SSSR count). The molecule has 0 saturated heterocycles. The lowest BCUT2D eigenvalue weighted by Crippen LogP contribution is -2.19. The van der Waals surface area contributed by atoms with Gasteiger partial charge in [-0.1, -0.05) is 13.8 Å². The molecule has 5 heteroatoms. The number of nitrogen functional groups attached to an aromatic ring is 1. The van der Waals surface area contributed by atoms with E-state index in [0.717, 1.165) is 29.2 Å². The Kier molecular flexibility index (Phi) is 3.00. The first-order chi connectivity index (χ1) is 9.52. The molecule has 0 aliphatic heterocycles. The molecule has 106 valence electrons. The van der Waals surface area contributed by atoms with Crippen molar-refractivity contribution in [3.63, 3.8) is 0 Å². The Morgan fingerprint density at radius 3 is 2.70 bits per heavy atom. The van der Waals surface area contributed by atoms with Gasteiger partial charge in [0.05, 0.1) is 6.54 Å². The van der Waals surface area contributed by atoms with Crippen molar-refractivity contribution in [2.24, 2.45) is 11.3 Å². The van der Waals surface area contributed by atoms with Crippen LogP contribution in [0.1, 0.15) is 32.3 Å². The van der Waals surface area contributed by atoms with E-state index < -0.39 is 0 Å². The van der Waals surface area contributed by atoms with Gasteiger partial charge in [-0.3, -0.25) is 0 Å².